The maximum Gasteiger partial charge on any atom is 0.0737 e. The summed E-state index contributed by atoms with van der Waals surface area (Å²) in [6, 6.07) is 8.15. The highest BCUT2D eigenvalue weighted by atomic mass is 35.5. The zero-order valence-electron chi connectivity index (χ0n) is 12.3. The highest BCUT2D eigenvalue weighted by Crippen LogP contribution is 2.25. The van der Waals surface area contributed by atoms with Gasteiger partial charge in [0.15, 0.2) is 0 Å². The average molecular weight is 308 g/mol. The number of hydrogen-bond donors (Lipinski definition) is 3. The minimum atomic E-state index is 0.194. The Kier molecular flexibility index (Phi) is 6.23. The molecule has 3 N–H and O–H groups in total. The molecule has 21 heavy (non-hydrogen) atoms. The third-order valence-corrected chi connectivity index (χ3v) is 3.62. The molecule has 0 fully saturated rings. The van der Waals surface area contributed by atoms with Crippen LogP contribution < -0.4 is 10.6 Å². The van der Waals surface area contributed by atoms with Crippen molar-refractivity contribution in [3.63, 3.8) is 0 Å². The normalized spacial score (nSPS) is 12.5. The number of nitrogens with one attached hydrogen (secondary N) is 2. The number of pyridine rings is 1. The first-order valence-electron chi connectivity index (χ1n) is 7.33. The third-order valence-electron chi connectivity index (χ3n) is 3.39. The van der Waals surface area contributed by atoms with E-state index in [2.05, 4.69) is 22.5 Å². The lowest BCUT2D eigenvalue weighted by atomic mass is 10.1. The van der Waals surface area contributed by atoms with Crippen molar-refractivity contribution >= 4 is 28.2 Å². The van der Waals surface area contributed by atoms with Crippen LogP contribution in [0.2, 0.25) is 5.02 Å². The summed E-state index contributed by atoms with van der Waals surface area (Å²) in [4.78, 5) is 4.35. The molecule has 1 heterocycles. The summed E-state index contributed by atoms with van der Waals surface area (Å²) in [7, 11) is 0. The topological polar surface area (TPSA) is 57.2 Å². The summed E-state index contributed by atoms with van der Waals surface area (Å²) in [5.41, 5.74) is 2.00. The molecule has 0 saturated heterocycles. The molecule has 0 aliphatic heterocycles. The van der Waals surface area contributed by atoms with Crippen molar-refractivity contribution in [1.82, 2.24) is 10.3 Å². The van der Waals surface area contributed by atoms with E-state index >= 15 is 0 Å². The van der Waals surface area contributed by atoms with E-state index < -0.39 is 0 Å². The predicted molar refractivity (Wildman–Crippen MR) is 89.0 cm³/mol. The zero-order valence-corrected chi connectivity index (χ0v) is 13.0. The van der Waals surface area contributed by atoms with Crippen LogP contribution in [0, 0.1) is 0 Å². The van der Waals surface area contributed by atoms with Crippen molar-refractivity contribution in [1.29, 1.82) is 0 Å². The lowest BCUT2D eigenvalue weighted by molar-refractivity contribution is 0.292. The fourth-order valence-electron chi connectivity index (χ4n) is 2.32. The third kappa shape index (κ3) is 4.84. The van der Waals surface area contributed by atoms with Gasteiger partial charge in [-0.05, 0) is 50.6 Å². The average Bonchev–Trinajstić information content (AvgIpc) is 2.47. The van der Waals surface area contributed by atoms with Gasteiger partial charge in [0.1, 0.15) is 0 Å². The van der Waals surface area contributed by atoms with Crippen molar-refractivity contribution < 1.29 is 5.11 Å². The summed E-state index contributed by atoms with van der Waals surface area (Å²) in [5, 5.41) is 17.2. The molecule has 2 aromatic rings. The monoisotopic (exact) mass is 307 g/mol. The fraction of sp³-hybridized carbons (Fsp3) is 0.438. The number of aliphatic hydroxyl groups excluding tert-OH is 1. The number of fused-ring (bicyclic) bond motifs is 1. The SMILES string of the molecule is CC(CCCNCCO)Nc1ccnc2cc(Cl)ccc12. The Morgan fingerprint density at radius 2 is 2.14 bits per heavy atom. The molecular formula is C16H22ClN3O. The summed E-state index contributed by atoms with van der Waals surface area (Å²) >= 11 is 6.00. The van der Waals surface area contributed by atoms with Gasteiger partial charge in [-0.25, -0.2) is 0 Å². The first-order chi connectivity index (χ1) is 10.2. The summed E-state index contributed by atoms with van der Waals surface area (Å²) in [6.45, 7) is 3.96. The van der Waals surface area contributed by atoms with Crippen LogP contribution in [0.5, 0.6) is 0 Å². The first kappa shape index (κ1) is 16.0. The van der Waals surface area contributed by atoms with Gasteiger partial charge in [0.05, 0.1) is 12.1 Å². The number of rotatable bonds is 8. The number of anilines is 1. The van der Waals surface area contributed by atoms with Crippen molar-refractivity contribution in [3.05, 3.63) is 35.5 Å². The van der Waals surface area contributed by atoms with E-state index in [0.717, 1.165) is 36.0 Å². The molecule has 1 aromatic heterocycles. The molecule has 0 bridgehead atoms. The Labute approximate surface area is 130 Å². The molecule has 0 aliphatic rings. The van der Waals surface area contributed by atoms with Gasteiger partial charge in [-0.15, -0.1) is 0 Å². The Morgan fingerprint density at radius 1 is 1.29 bits per heavy atom. The largest absolute Gasteiger partial charge is 0.395 e. The molecule has 1 aromatic carbocycles. The van der Waals surface area contributed by atoms with Crippen molar-refractivity contribution in [2.45, 2.75) is 25.8 Å². The van der Waals surface area contributed by atoms with Gasteiger partial charge in [0, 0.05) is 34.9 Å². The number of aromatic nitrogens is 1. The van der Waals surface area contributed by atoms with E-state index in [4.69, 9.17) is 16.7 Å². The van der Waals surface area contributed by atoms with Gasteiger partial charge in [0.25, 0.3) is 0 Å². The van der Waals surface area contributed by atoms with Crippen LogP contribution in [0.15, 0.2) is 30.5 Å². The number of halogens is 1. The lowest BCUT2D eigenvalue weighted by Gasteiger charge is -2.17. The molecule has 0 saturated carbocycles. The Bertz CT molecular complexity index is 576. The van der Waals surface area contributed by atoms with Gasteiger partial charge in [-0.1, -0.05) is 11.6 Å². The first-order valence-corrected chi connectivity index (χ1v) is 7.71. The number of hydrogen-bond acceptors (Lipinski definition) is 4. The molecule has 114 valence electrons. The highest BCUT2D eigenvalue weighted by molar-refractivity contribution is 6.31. The Balaban J connectivity index is 1.93. The van der Waals surface area contributed by atoms with E-state index in [-0.39, 0.29) is 6.61 Å². The second kappa shape index (κ2) is 8.17. The predicted octanol–water partition coefficient (Wildman–Crippen LogP) is 3.05. The van der Waals surface area contributed by atoms with Gasteiger partial charge in [-0.3, -0.25) is 4.98 Å². The van der Waals surface area contributed by atoms with Gasteiger partial charge < -0.3 is 15.7 Å². The maximum absolute atomic E-state index is 8.70. The molecule has 4 nitrogen and oxygen atoms in total. The minimum absolute atomic E-state index is 0.194. The van der Waals surface area contributed by atoms with Crippen LogP contribution in [0.3, 0.4) is 0 Å². The quantitative estimate of drug-likeness (QED) is 0.656. The smallest absolute Gasteiger partial charge is 0.0737 e. The maximum atomic E-state index is 8.70. The van der Waals surface area contributed by atoms with E-state index in [1.54, 1.807) is 6.20 Å². The van der Waals surface area contributed by atoms with Gasteiger partial charge in [0.2, 0.25) is 0 Å². The summed E-state index contributed by atoms with van der Waals surface area (Å²) < 4.78 is 0. The van der Waals surface area contributed by atoms with Gasteiger partial charge >= 0.3 is 0 Å². The Hall–Kier alpha value is -1.36. The van der Waals surface area contributed by atoms with Crippen LogP contribution in [0.25, 0.3) is 10.9 Å². The Morgan fingerprint density at radius 3 is 2.95 bits per heavy atom. The molecule has 1 unspecified atom stereocenters. The molecule has 1 atom stereocenters. The lowest BCUT2D eigenvalue weighted by Crippen LogP contribution is -2.22. The van der Waals surface area contributed by atoms with E-state index in [0.29, 0.717) is 17.6 Å². The van der Waals surface area contributed by atoms with Crippen LogP contribution in [0.4, 0.5) is 5.69 Å². The summed E-state index contributed by atoms with van der Waals surface area (Å²) in [6.07, 6.45) is 3.94. The molecule has 5 heteroatoms. The minimum Gasteiger partial charge on any atom is -0.395 e. The molecule has 0 radical (unpaired) electrons. The fourth-order valence-corrected chi connectivity index (χ4v) is 2.49. The zero-order chi connectivity index (χ0) is 15.1. The summed E-state index contributed by atoms with van der Waals surface area (Å²) in [5.74, 6) is 0. The number of benzene rings is 1. The van der Waals surface area contributed by atoms with Crippen molar-refractivity contribution in [2.24, 2.45) is 0 Å². The molecule has 0 amide bonds. The molecule has 0 aliphatic carbocycles. The second-order valence-corrected chi connectivity index (χ2v) is 5.62. The van der Waals surface area contributed by atoms with E-state index in [1.807, 2.05) is 24.3 Å². The van der Waals surface area contributed by atoms with Crippen LogP contribution in [-0.4, -0.2) is 35.8 Å². The van der Waals surface area contributed by atoms with Crippen LogP contribution in [0.1, 0.15) is 19.8 Å². The molecule has 0 spiro atoms. The molecular weight excluding hydrogens is 286 g/mol. The van der Waals surface area contributed by atoms with Crippen LogP contribution >= 0.6 is 11.6 Å². The van der Waals surface area contributed by atoms with Crippen molar-refractivity contribution in [3.8, 4) is 0 Å². The van der Waals surface area contributed by atoms with Crippen molar-refractivity contribution in [2.75, 3.05) is 25.0 Å². The van der Waals surface area contributed by atoms with Gasteiger partial charge in [-0.2, -0.15) is 0 Å². The second-order valence-electron chi connectivity index (χ2n) is 5.18. The highest BCUT2D eigenvalue weighted by Gasteiger charge is 2.06. The number of nitrogens with zero attached hydrogens (tertiary/aromatic N) is 1. The van der Waals surface area contributed by atoms with E-state index in [9.17, 15) is 0 Å². The number of aliphatic hydroxyl groups is 1. The molecule has 2 rings (SSSR count). The van der Waals surface area contributed by atoms with E-state index in [1.165, 1.54) is 0 Å². The van der Waals surface area contributed by atoms with Crippen LogP contribution in [-0.2, 0) is 0 Å². The standard InChI is InChI=1S/C16H22ClN3O/c1-12(3-2-7-18-9-10-21)20-15-6-8-19-16-11-13(17)4-5-14(15)16/h4-6,8,11-12,18,21H,2-3,7,9-10H2,1H3,(H,19,20).